The summed E-state index contributed by atoms with van der Waals surface area (Å²) in [5.74, 6) is -0.490. The molecule has 0 spiro atoms. The summed E-state index contributed by atoms with van der Waals surface area (Å²) >= 11 is 0. The van der Waals surface area contributed by atoms with Crippen molar-refractivity contribution in [2.24, 2.45) is 0 Å². The number of halogens is 1. The van der Waals surface area contributed by atoms with Gasteiger partial charge in [0.1, 0.15) is 11.9 Å². The highest BCUT2D eigenvalue weighted by molar-refractivity contribution is 5.85. The van der Waals surface area contributed by atoms with Gasteiger partial charge in [-0.3, -0.25) is 4.79 Å². The monoisotopic (exact) mass is 252 g/mol. The maximum Gasteiger partial charge on any atom is 0.242 e. The lowest BCUT2D eigenvalue weighted by Gasteiger charge is -2.24. The van der Waals surface area contributed by atoms with E-state index in [2.05, 4.69) is 10.6 Å². The van der Waals surface area contributed by atoms with Gasteiger partial charge in [-0.2, -0.15) is 0 Å². The summed E-state index contributed by atoms with van der Waals surface area (Å²) in [5, 5.41) is 5.77. The summed E-state index contributed by atoms with van der Waals surface area (Å²) in [6.07, 6.45) is 0. The van der Waals surface area contributed by atoms with Crippen LogP contribution in [0.5, 0.6) is 0 Å². The van der Waals surface area contributed by atoms with Crippen LogP contribution < -0.4 is 10.6 Å². The van der Waals surface area contributed by atoms with E-state index in [4.69, 9.17) is 0 Å². The normalized spacial score (nSPS) is 13.0. The third-order valence-electron chi connectivity index (χ3n) is 2.47. The number of aryl methyl sites for hydroxylation is 1. The highest BCUT2D eigenvalue weighted by Gasteiger charge is 2.20. The van der Waals surface area contributed by atoms with Crippen LogP contribution in [0.3, 0.4) is 0 Å². The Labute approximate surface area is 108 Å². The van der Waals surface area contributed by atoms with Gasteiger partial charge in [0.15, 0.2) is 0 Å². The van der Waals surface area contributed by atoms with Crippen LogP contribution in [0.25, 0.3) is 0 Å². The molecule has 0 fully saturated rings. The molecular weight excluding hydrogens is 231 g/mol. The Morgan fingerprint density at radius 3 is 2.44 bits per heavy atom. The standard InChI is InChI=1S/C14H21FN2O/c1-9-7-6-8-11(15)12(9)16-10(2)13(18)17-14(3,4)5/h6-8,10,16H,1-5H3,(H,17,18). The zero-order valence-corrected chi connectivity index (χ0v) is 11.6. The molecule has 1 atom stereocenters. The second kappa shape index (κ2) is 5.38. The minimum atomic E-state index is -0.486. The first-order valence-corrected chi connectivity index (χ1v) is 6.04. The lowest BCUT2D eigenvalue weighted by atomic mass is 10.1. The first-order chi connectivity index (χ1) is 8.20. The van der Waals surface area contributed by atoms with Crippen molar-refractivity contribution in [2.75, 3.05) is 5.32 Å². The number of benzene rings is 1. The molecule has 0 saturated heterocycles. The molecule has 3 nitrogen and oxygen atoms in total. The fourth-order valence-corrected chi connectivity index (χ4v) is 1.57. The average Bonchev–Trinajstić information content (AvgIpc) is 2.21. The quantitative estimate of drug-likeness (QED) is 0.868. The van der Waals surface area contributed by atoms with E-state index in [0.29, 0.717) is 5.69 Å². The van der Waals surface area contributed by atoms with Gasteiger partial charge in [0.2, 0.25) is 5.91 Å². The van der Waals surface area contributed by atoms with Gasteiger partial charge in [0, 0.05) is 5.54 Å². The summed E-state index contributed by atoms with van der Waals surface area (Å²) in [4.78, 5) is 11.9. The van der Waals surface area contributed by atoms with E-state index >= 15 is 0 Å². The van der Waals surface area contributed by atoms with Crippen molar-refractivity contribution >= 4 is 11.6 Å². The summed E-state index contributed by atoms with van der Waals surface area (Å²) in [6.45, 7) is 9.25. The van der Waals surface area contributed by atoms with E-state index in [9.17, 15) is 9.18 Å². The van der Waals surface area contributed by atoms with Gasteiger partial charge >= 0.3 is 0 Å². The number of rotatable bonds is 3. The fraction of sp³-hybridized carbons (Fsp3) is 0.500. The average molecular weight is 252 g/mol. The zero-order valence-electron chi connectivity index (χ0n) is 11.6. The Bertz CT molecular complexity index is 418. The molecule has 4 heteroatoms. The molecule has 0 radical (unpaired) electrons. The van der Waals surface area contributed by atoms with Crippen molar-refractivity contribution in [3.63, 3.8) is 0 Å². The molecule has 2 N–H and O–H groups in total. The van der Waals surface area contributed by atoms with E-state index in [1.165, 1.54) is 6.07 Å². The van der Waals surface area contributed by atoms with E-state index in [0.717, 1.165) is 5.56 Å². The molecule has 0 aliphatic carbocycles. The van der Waals surface area contributed by atoms with Gasteiger partial charge in [0.25, 0.3) is 0 Å². The molecule has 18 heavy (non-hydrogen) atoms. The number of amides is 1. The minimum absolute atomic E-state index is 0.148. The van der Waals surface area contributed by atoms with Gasteiger partial charge < -0.3 is 10.6 Å². The summed E-state index contributed by atoms with van der Waals surface area (Å²) < 4.78 is 13.6. The Morgan fingerprint density at radius 1 is 1.33 bits per heavy atom. The second-order valence-corrected chi connectivity index (χ2v) is 5.54. The number of hydrogen-bond acceptors (Lipinski definition) is 2. The summed E-state index contributed by atoms with van der Waals surface area (Å²) in [7, 11) is 0. The van der Waals surface area contributed by atoms with Crippen LogP contribution in [0.1, 0.15) is 33.3 Å². The predicted octanol–water partition coefficient (Wildman–Crippen LogP) is 2.85. The zero-order chi connectivity index (χ0) is 13.9. The van der Waals surface area contributed by atoms with Gasteiger partial charge in [0.05, 0.1) is 5.69 Å². The van der Waals surface area contributed by atoms with E-state index in [1.54, 1.807) is 26.0 Å². The molecule has 1 aromatic carbocycles. The molecule has 0 heterocycles. The highest BCUT2D eigenvalue weighted by Crippen LogP contribution is 2.19. The van der Waals surface area contributed by atoms with Crippen molar-refractivity contribution in [1.82, 2.24) is 5.32 Å². The summed E-state index contributed by atoms with van der Waals surface area (Å²) in [5.41, 5.74) is 0.872. The Kier molecular flexibility index (Phi) is 4.33. The van der Waals surface area contributed by atoms with Gasteiger partial charge in [-0.25, -0.2) is 4.39 Å². The van der Waals surface area contributed by atoms with Crippen LogP contribution in [0.2, 0.25) is 0 Å². The van der Waals surface area contributed by atoms with Crippen molar-refractivity contribution in [3.05, 3.63) is 29.6 Å². The minimum Gasteiger partial charge on any atom is -0.371 e. The van der Waals surface area contributed by atoms with Crippen LogP contribution in [0.15, 0.2) is 18.2 Å². The molecular formula is C14H21FN2O. The van der Waals surface area contributed by atoms with Crippen LogP contribution >= 0.6 is 0 Å². The lowest BCUT2D eigenvalue weighted by molar-refractivity contribution is -0.122. The van der Waals surface area contributed by atoms with E-state index < -0.39 is 6.04 Å². The first kappa shape index (κ1) is 14.5. The number of nitrogens with one attached hydrogen (secondary N) is 2. The van der Waals surface area contributed by atoms with E-state index in [1.807, 2.05) is 20.8 Å². The van der Waals surface area contributed by atoms with Crippen LogP contribution in [0, 0.1) is 12.7 Å². The Hall–Kier alpha value is -1.58. The van der Waals surface area contributed by atoms with Gasteiger partial charge in [-0.05, 0) is 46.2 Å². The fourth-order valence-electron chi connectivity index (χ4n) is 1.57. The molecule has 1 rings (SSSR count). The first-order valence-electron chi connectivity index (χ1n) is 6.04. The molecule has 100 valence electrons. The SMILES string of the molecule is Cc1cccc(F)c1NC(C)C(=O)NC(C)(C)C. The van der Waals surface area contributed by atoms with Crippen LogP contribution in [-0.2, 0) is 4.79 Å². The van der Waals surface area contributed by atoms with Crippen molar-refractivity contribution in [3.8, 4) is 0 Å². The maximum absolute atomic E-state index is 13.6. The molecule has 1 unspecified atom stereocenters. The third-order valence-corrected chi connectivity index (χ3v) is 2.47. The Morgan fingerprint density at radius 2 is 1.94 bits per heavy atom. The number of anilines is 1. The van der Waals surface area contributed by atoms with Crippen LogP contribution in [-0.4, -0.2) is 17.5 Å². The molecule has 0 aromatic heterocycles. The van der Waals surface area contributed by atoms with E-state index in [-0.39, 0.29) is 17.3 Å². The summed E-state index contributed by atoms with van der Waals surface area (Å²) in [6, 6.07) is 4.35. The smallest absolute Gasteiger partial charge is 0.242 e. The highest BCUT2D eigenvalue weighted by atomic mass is 19.1. The molecule has 0 saturated carbocycles. The van der Waals surface area contributed by atoms with Crippen molar-refractivity contribution in [1.29, 1.82) is 0 Å². The second-order valence-electron chi connectivity index (χ2n) is 5.54. The molecule has 0 bridgehead atoms. The molecule has 0 aliphatic heterocycles. The number of hydrogen-bond donors (Lipinski definition) is 2. The predicted molar refractivity (Wildman–Crippen MR) is 72.1 cm³/mol. The van der Waals surface area contributed by atoms with Crippen LogP contribution in [0.4, 0.5) is 10.1 Å². The van der Waals surface area contributed by atoms with Gasteiger partial charge in [-0.15, -0.1) is 0 Å². The molecule has 1 amide bonds. The molecule has 0 aliphatic rings. The Balaban J connectivity index is 2.76. The van der Waals surface area contributed by atoms with Crippen molar-refractivity contribution < 1.29 is 9.18 Å². The number of carbonyl (C=O) groups is 1. The van der Waals surface area contributed by atoms with Gasteiger partial charge in [-0.1, -0.05) is 12.1 Å². The number of carbonyl (C=O) groups excluding carboxylic acids is 1. The number of para-hydroxylation sites is 1. The maximum atomic E-state index is 13.6. The molecule has 1 aromatic rings. The lowest BCUT2D eigenvalue weighted by Crippen LogP contribution is -2.47. The van der Waals surface area contributed by atoms with Crippen molar-refractivity contribution in [2.45, 2.75) is 46.2 Å². The largest absolute Gasteiger partial charge is 0.371 e. The topological polar surface area (TPSA) is 41.1 Å². The third kappa shape index (κ3) is 4.02.